The Morgan fingerprint density at radius 2 is 1.81 bits per heavy atom. The molecule has 1 aromatic carbocycles. The summed E-state index contributed by atoms with van der Waals surface area (Å²) in [6.07, 6.45) is 1.27. The SMILES string of the molecule is CNC(=O)c1ccc(-c2cnc3ccc(NCCN(C(=O)OC(C)C)C(C)C)nn23)cc1. The topological polar surface area (TPSA) is 101 Å². The molecular weight excluding hydrogens is 408 g/mol. The first-order valence-corrected chi connectivity index (χ1v) is 10.7. The minimum atomic E-state index is -0.322. The van der Waals surface area contributed by atoms with Crippen molar-refractivity contribution in [3.63, 3.8) is 0 Å². The molecule has 170 valence electrons. The molecule has 3 aromatic rings. The number of rotatable bonds is 8. The maximum atomic E-state index is 12.3. The van der Waals surface area contributed by atoms with Gasteiger partial charge in [-0.1, -0.05) is 12.1 Å². The molecule has 0 saturated heterocycles. The van der Waals surface area contributed by atoms with Crippen molar-refractivity contribution in [1.29, 1.82) is 0 Å². The summed E-state index contributed by atoms with van der Waals surface area (Å²) in [6.45, 7) is 8.60. The van der Waals surface area contributed by atoms with E-state index in [4.69, 9.17) is 4.74 Å². The summed E-state index contributed by atoms with van der Waals surface area (Å²) in [4.78, 5) is 30.2. The Kier molecular flexibility index (Phi) is 7.29. The van der Waals surface area contributed by atoms with Gasteiger partial charge in [0.15, 0.2) is 5.65 Å². The van der Waals surface area contributed by atoms with E-state index < -0.39 is 0 Å². The summed E-state index contributed by atoms with van der Waals surface area (Å²) in [5, 5.41) is 10.5. The first-order valence-electron chi connectivity index (χ1n) is 10.7. The lowest BCUT2D eigenvalue weighted by atomic mass is 10.1. The number of aromatic nitrogens is 3. The van der Waals surface area contributed by atoms with E-state index in [0.29, 0.717) is 30.1 Å². The van der Waals surface area contributed by atoms with Gasteiger partial charge in [0.1, 0.15) is 5.82 Å². The number of imidazole rings is 1. The molecule has 2 heterocycles. The number of carbonyl (C=O) groups excluding carboxylic acids is 2. The molecule has 0 radical (unpaired) electrons. The Bertz CT molecular complexity index is 1080. The fourth-order valence-electron chi connectivity index (χ4n) is 3.24. The van der Waals surface area contributed by atoms with Gasteiger partial charge in [-0.15, -0.1) is 5.10 Å². The van der Waals surface area contributed by atoms with E-state index in [0.717, 1.165) is 11.3 Å². The highest BCUT2D eigenvalue weighted by Crippen LogP contribution is 2.21. The van der Waals surface area contributed by atoms with Gasteiger partial charge in [0, 0.05) is 37.3 Å². The number of nitrogens with one attached hydrogen (secondary N) is 2. The predicted octanol–water partition coefficient (Wildman–Crippen LogP) is 3.42. The Morgan fingerprint density at radius 3 is 2.44 bits per heavy atom. The monoisotopic (exact) mass is 438 g/mol. The van der Waals surface area contributed by atoms with Crippen LogP contribution in [0.3, 0.4) is 0 Å². The second-order valence-electron chi connectivity index (χ2n) is 7.93. The lowest BCUT2D eigenvalue weighted by molar-refractivity contribution is 0.0692. The van der Waals surface area contributed by atoms with Gasteiger partial charge in [-0.25, -0.2) is 14.3 Å². The van der Waals surface area contributed by atoms with Gasteiger partial charge in [0.25, 0.3) is 5.91 Å². The van der Waals surface area contributed by atoms with Crippen LogP contribution in [0.1, 0.15) is 38.1 Å². The Balaban J connectivity index is 1.73. The third-order valence-corrected chi connectivity index (χ3v) is 4.89. The van der Waals surface area contributed by atoms with Crippen molar-refractivity contribution in [1.82, 2.24) is 24.8 Å². The first kappa shape index (κ1) is 23.1. The summed E-state index contributed by atoms with van der Waals surface area (Å²) in [5.74, 6) is 0.534. The number of hydrogen-bond donors (Lipinski definition) is 2. The van der Waals surface area contributed by atoms with Gasteiger partial charge >= 0.3 is 6.09 Å². The number of amides is 2. The maximum Gasteiger partial charge on any atom is 0.410 e. The molecule has 0 atom stereocenters. The van der Waals surface area contributed by atoms with Crippen LogP contribution in [0.15, 0.2) is 42.6 Å². The predicted molar refractivity (Wildman–Crippen MR) is 124 cm³/mol. The highest BCUT2D eigenvalue weighted by Gasteiger charge is 2.19. The van der Waals surface area contributed by atoms with E-state index in [9.17, 15) is 9.59 Å². The zero-order chi connectivity index (χ0) is 23.3. The summed E-state index contributed by atoms with van der Waals surface area (Å²) in [7, 11) is 1.60. The quantitative estimate of drug-likeness (QED) is 0.559. The molecule has 32 heavy (non-hydrogen) atoms. The van der Waals surface area contributed by atoms with E-state index in [1.165, 1.54) is 0 Å². The summed E-state index contributed by atoms with van der Waals surface area (Å²) >= 11 is 0. The number of ether oxygens (including phenoxy) is 1. The van der Waals surface area contributed by atoms with Crippen LogP contribution in [0.5, 0.6) is 0 Å². The number of fused-ring (bicyclic) bond motifs is 1. The molecule has 0 aliphatic heterocycles. The van der Waals surface area contributed by atoms with Gasteiger partial charge in [-0.3, -0.25) is 4.79 Å². The molecule has 0 fully saturated rings. The third kappa shape index (κ3) is 5.35. The normalized spacial score (nSPS) is 11.1. The fraction of sp³-hybridized carbons (Fsp3) is 0.391. The lowest BCUT2D eigenvalue weighted by Crippen LogP contribution is -2.41. The highest BCUT2D eigenvalue weighted by atomic mass is 16.6. The molecular formula is C23H30N6O3. The second kappa shape index (κ2) is 10.1. The summed E-state index contributed by atoms with van der Waals surface area (Å²) < 4.78 is 7.08. The zero-order valence-corrected chi connectivity index (χ0v) is 19.1. The van der Waals surface area contributed by atoms with Crippen LogP contribution >= 0.6 is 0 Å². The number of benzene rings is 1. The smallest absolute Gasteiger partial charge is 0.410 e. The van der Waals surface area contributed by atoms with Crippen molar-refractivity contribution in [3.05, 3.63) is 48.2 Å². The van der Waals surface area contributed by atoms with Crippen LogP contribution < -0.4 is 10.6 Å². The van der Waals surface area contributed by atoms with Crippen molar-refractivity contribution >= 4 is 23.5 Å². The van der Waals surface area contributed by atoms with Gasteiger partial charge < -0.3 is 20.3 Å². The first-order chi connectivity index (χ1) is 15.3. The standard InChI is InChI=1S/C23H30N6O3/c1-15(2)28(23(31)32-16(3)4)13-12-25-20-10-11-21-26-14-19(29(21)27-20)17-6-8-18(9-7-17)22(30)24-5/h6-11,14-16H,12-13H2,1-5H3,(H,24,30)(H,25,27). The van der Waals surface area contributed by atoms with Crippen molar-refractivity contribution in [2.45, 2.75) is 39.8 Å². The largest absolute Gasteiger partial charge is 0.447 e. The molecule has 0 spiro atoms. The van der Waals surface area contributed by atoms with Crippen LogP contribution in [0.2, 0.25) is 0 Å². The van der Waals surface area contributed by atoms with E-state index in [1.54, 1.807) is 34.8 Å². The molecule has 9 nitrogen and oxygen atoms in total. The van der Waals surface area contributed by atoms with Gasteiger partial charge in [0.05, 0.1) is 18.0 Å². The molecule has 0 aliphatic carbocycles. The molecule has 0 saturated carbocycles. The van der Waals surface area contributed by atoms with Gasteiger partial charge in [-0.2, -0.15) is 0 Å². The van der Waals surface area contributed by atoms with E-state index in [-0.39, 0.29) is 24.1 Å². The Morgan fingerprint density at radius 1 is 1.09 bits per heavy atom. The maximum absolute atomic E-state index is 12.3. The average molecular weight is 439 g/mol. The molecule has 3 rings (SSSR count). The third-order valence-electron chi connectivity index (χ3n) is 4.89. The van der Waals surface area contributed by atoms with Crippen LogP contribution in [-0.2, 0) is 4.74 Å². The minimum Gasteiger partial charge on any atom is -0.447 e. The lowest BCUT2D eigenvalue weighted by Gasteiger charge is -2.27. The zero-order valence-electron chi connectivity index (χ0n) is 19.1. The van der Waals surface area contributed by atoms with E-state index in [2.05, 4.69) is 20.7 Å². The fourth-order valence-corrected chi connectivity index (χ4v) is 3.24. The minimum absolute atomic E-state index is 0.0245. The molecule has 2 amide bonds. The molecule has 0 unspecified atom stereocenters. The molecule has 0 aliphatic rings. The molecule has 2 N–H and O–H groups in total. The second-order valence-corrected chi connectivity index (χ2v) is 7.93. The summed E-state index contributed by atoms with van der Waals surface area (Å²) in [5.41, 5.74) is 3.02. The van der Waals surface area contributed by atoms with E-state index >= 15 is 0 Å². The van der Waals surface area contributed by atoms with E-state index in [1.807, 2.05) is 52.0 Å². The van der Waals surface area contributed by atoms with Crippen molar-refractivity contribution in [3.8, 4) is 11.3 Å². The number of anilines is 1. The van der Waals surface area contributed by atoms with Crippen molar-refractivity contribution in [2.24, 2.45) is 0 Å². The van der Waals surface area contributed by atoms with Crippen molar-refractivity contribution in [2.75, 3.05) is 25.5 Å². The average Bonchev–Trinajstić information content (AvgIpc) is 3.18. The van der Waals surface area contributed by atoms with Crippen LogP contribution in [-0.4, -0.2) is 63.8 Å². The number of nitrogens with zero attached hydrogens (tertiary/aromatic N) is 4. The van der Waals surface area contributed by atoms with Gasteiger partial charge in [-0.05, 0) is 52.0 Å². The van der Waals surface area contributed by atoms with Crippen LogP contribution in [0, 0.1) is 0 Å². The number of hydrogen-bond acceptors (Lipinski definition) is 6. The Labute approximate surface area is 187 Å². The highest BCUT2D eigenvalue weighted by molar-refractivity contribution is 5.94. The Hall–Kier alpha value is -3.62. The van der Waals surface area contributed by atoms with Gasteiger partial charge in [0.2, 0.25) is 0 Å². The molecule has 0 bridgehead atoms. The molecule has 2 aromatic heterocycles. The summed E-state index contributed by atoms with van der Waals surface area (Å²) in [6, 6.07) is 11.0. The van der Waals surface area contributed by atoms with Crippen molar-refractivity contribution < 1.29 is 14.3 Å². The van der Waals surface area contributed by atoms with Crippen LogP contribution in [0.4, 0.5) is 10.6 Å². The molecule has 9 heteroatoms. The van der Waals surface area contributed by atoms with Crippen LogP contribution in [0.25, 0.3) is 16.9 Å². The number of carbonyl (C=O) groups is 2.